The molecule has 0 saturated carbocycles. The van der Waals surface area contributed by atoms with Crippen LogP contribution in [-0.4, -0.2) is 51.1 Å². The summed E-state index contributed by atoms with van der Waals surface area (Å²) < 4.78 is 33.2. The zero-order valence-electron chi connectivity index (χ0n) is 10.0. The van der Waals surface area contributed by atoms with Crippen molar-refractivity contribution in [3.05, 3.63) is 0 Å². The van der Waals surface area contributed by atoms with Crippen molar-refractivity contribution < 1.29 is 18.3 Å². The zero-order valence-corrected chi connectivity index (χ0v) is 10.8. The SMILES string of the molecule is CCOCCCNC(=S)NCCOCC(F)F. The summed E-state index contributed by atoms with van der Waals surface area (Å²) in [6.45, 7) is 4.18. The van der Waals surface area contributed by atoms with Gasteiger partial charge >= 0.3 is 0 Å². The first-order valence-corrected chi connectivity index (χ1v) is 6.03. The molecular weight excluding hydrogens is 250 g/mol. The second-order valence-electron chi connectivity index (χ2n) is 3.20. The number of nitrogens with one attached hydrogen (secondary N) is 2. The first-order valence-electron chi connectivity index (χ1n) is 5.62. The van der Waals surface area contributed by atoms with Crippen molar-refractivity contribution in [3.8, 4) is 0 Å². The number of hydrogen-bond donors (Lipinski definition) is 2. The van der Waals surface area contributed by atoms with Crippen molar-refractivity contribution in [1.29, 1.82) is 0 Å². The molecule has 7 heteroatoms. The summed E-state index contributed by atoms with van der Waals surface area (Å²) in [6.07, 6.45) is -1.55. The lowest BCUT2D eigenvalue weighted by Gasteiger charge is -2.10. The minimum atomic E-state index is -2.42. The van der Waals surface area contributed by atoms with Crippen LogP contribution in [-0.2, 0) is 9.47 Å². The Labute approximate surface area is 106 Å². The van der Waals surface area contributed by atoms with Crippen LogP contribution in [0.2, 0.25) is 0 Å². The second kappa shape index (κ2) is 11.9. The highest BCUT2D eigenvalue weighted by Gasteiger charge is 2.01. The minimum absolute atomic E-state index is 0.213. The molecule has 0 amide bonds. The second-order valence-corrected chi connectivity index (χ2v) is 3.61. The van der Waals surface area contributed by atoms with Gasteiger partial charge in [-0.3, -0.25) is 0 Å². The van der Waals surface area contributed by atoms with E-state index in [1.807, 2.05) is 6.92 Å². The molecule has 0 aliphatic heterocycles. The average Bonchev–Trinajstić information content (AvgIpc) is 2.28. The van der Waals surface area contributed by atoms with Gasteiger partial charge in [0.05, 0.1) is 6.61 Å². The Kier molecular flexibility index (Phi) is 11.6. The van der Waals surface area contributed by atoms with Gasteiger partial charge < -0.3 is 20.1 Å². The van der Waals surface area contributed by atoms with E-state index in [9.17, 15) is 8.78 Å². The summed E-state index contributed by atoms with van der Waals surface area (Å²) in [5.74, 6) is 0. The molecule has 0 unspecified atom stereocenters. The van der Waals surface area contributed by atoms with Crippen molar-refractivity contribution in [2.45, 2.75) is 19.8 Å². The first kappa shape index (κ1) is 16.5. The van der Waals surface area contributed by atoms with Crippen molar-refractivity contribution >= 4 is 17.3 Å². The third-order valence-corrected chi connectivity index (χ3v) is 2.02. The Morgan fingerprint density at radius 3 is 2.53 bits per heavy atom. The predicted octanol–water partition coefficient (Wildman–Crippen LogP) is 1.16. The molecule has 4 nitrogen and oxygen atoms in total. The Balaban J connectivity index is 3.18. The Hall–Kier alpha value is -0.530. The molecule has 0 aliphatic rings. The van der Waals surface area contributed by atoms with Gasteiger partial charge in [-0.25, -0.2) is 8.78 Å². The van der Waals surface area contributed by atoms with Crippen molar-refractivity contribution in [1.82, 2.24) is 10.6 Å². The van der Waals surface area contributed by atoms with E-state index >= 15 is 0 Å². The molecule has 0 aliphatic carbocycles. The number of alkyl halides is 2. The van der Waals surface area contributed by atoms with Crippen LogP contribution in [0.5, 0.6) is 0 Å². The summed E-state index contributed by atoms with van der Waals surface area (Å²) in [5, 5.41) is 6.34. The smallest absolute Gasteiger partial charge is 0.261 e. The topological polar surface area (TPSA) is 42.5 Å². The van der Waals surface area contributed by atoms with Gasteiger partial charge in [0.1, 0.15) is 6.61 Å². The van der Waals surface area contributed by atoms with Gasteiger partial charge in [0.2, 0.25) is 0 Å². The molecule has 0 heterocycles. The first-order chi connectivity index (χ1) is 8.16. The summed E-state index contributed by atoms with van der Waals surface area (Å²) in [6, 6.07) is 0. The molecular formula is C10H20F2N2O2S. The van der Waals surface area contributed by atoms with E-state index in [-0.39, 0.29) is 6.61 Å². The van der Waals surface area contributed by atoms with Crippen LogP contribution >= 0.6 is 12.2 Å². The molecule has 0 bridgehead atoms. The molecule has 0 aromatic carbocycles. The van der Waals surface area contributed by atoms with Gasteiger partial charge in [0.15, 0.2) is 5.11 Å². The number of thiocarbonyl (C=S) groups is 1. The van der Waals surface area contributed by atoms with Gasteiger partial charge in [0.25, 0.3) is 6.43 Å². The molecule has 0 rings (SSSR count). The fourth-order valence-electron chi connectivity index (χ4n) is 0.992. The molecule has 0 radical (unpaired) electrons. The van der Waals surface area contributed by atoms with Gasteiger partial charge in [-0.2, -0.15) is 0 Å². The normalized spacial score (nSPS) is 10.6. The van der Waals surface area contributed by atoms with E-state index in [0.29, 0.717) is 24.9 Å². The maximum Gasteiger partial charge on any atom is 0.261 e. The van der Waals surface area contributed by atoms with E-state index in [2.05, 4.69) is 15.4 Å². The van der Waals surface area contributed by atoms with Crippen LogP contribution in [0.4, 0.5) is 8.78 Å². The quantitative estimate of drug-likeness (QED) is 0.460. The third kappa shape index (κ3) is 13.4. The van der Waals surface area contributed by atoms with Crippen LogP contribution < -0.4 is 10.6 Å². The number of rotatable bonds is 10. The lowest BCUT2D eigenvalue weighted by Crippen LogP contribution is -2.37. The maximum atomic E-state index is 11.7. The van der Waals surface area contributed by atoms with Crippen molar-refractivity contribution in [2.24, 2.45) is 0 Å². The highest BCUT2D eigenvalue weighted by Crippen LogP contribution is 1.91. The fourth-order valence-corrected chi connectivity index (χ4v) is 1.20. The van der Waals surface area contributed by atoms with E-state index in [0.717, 1.165) is 13.0 Å². The van der Waals surface area contributed by atoms with Crippen molar-refractivity contribution in [2.75, 3.05) is 39.5 Å². The molecule has 0 atom stereocenters. The molecule has 0 fully saturated rings. The zero-order chi connectivity index (χ0) is 12.9. The summed E-state index contributed by atoms with van der Waals surface area (Å²) >= 11 is 4.97. The van der Waals surface area contributed by atoms with E-state index < -0.39 is 13.0 Å². The van der Waals surface area contributed by atoms with E-state index in [1.54, 1.807) is 0 Å². The standard InChI is InChI=1S/C10H20F2N2O2S/c1-2-15-6-3-4-13-10(17)14-5-7-16-8-9(11)12/h9H,2-8H2,1H3,(H2,13,14,17). The highest BCUT2D eigenvalue weighted by molar-refractivity contribution is 7.80. The summed E-state index contributed by atoms with van der Waals surface area (Å²) in [5.41, 5.74) is 0. The monoisotopic (exact) mass is 270 g/mol. The lowest BCUT2D eigenvalue weighted by molar-refractivity contribution is 0.0197. The van der Waals surface area contributed by atoms with Gasteiger partial charge in [-0.05, 0) is 25.6 Å². The van der Waals surface area contributed by atoms with E-state index in [4.69, 9.17) is 17.0 Å². The van der Waals surface area contributed by atoms with Crippen LogP contribution in [0, 0.1) is 0 Å². The van der Waals surface area contributed by atoms with Crippen LogP contribution in [0.3, 0.4) is 0 Å². The lowest BCUT2D eigenvalue weighted by atomic mass is 10.4. The predicted molar refractivity (Wildman–Crippen MR) is 66.5 cm³/mol. The third-order valence-electron chi connectivity index (χ3n) is 1.73. The minimum Gasteiger partial charge on any atom is -0.382 e. The largest absolute Gasteiger partial charge is 0.382 e. The number of ether oxygens (including phenoxy) is 2. The Morgan fingerprint density at radius 1 is 1.18 bits per heavy atom. The molecule has 2 N–H and O–H groups in total. The van der Waals surface area contributed by atoms with Crippen LogP contribution in [0.1, 0.15) is 13.3 Å². The Bertz CT molecular complexity index is 197. The number of halogens is 2. The molecule has 0 spiro atoms. The average molecular weight is 270 g/mol. The fraction of sp³-hybridized carbons (Fsp3) is 0.900. The highest BCUT2D eigenvalue weighted by atomic mass is 32.1. The molecule has 0 saturated heterocycles. The van der Waals surface area contributed by atoms with Gasteiger partial charge in [0, 0.05) is 26.3 Å². The maximum absolute atomic E-state index is 11.7. The number of hydrogen-bond acceptors (Lipinski definition) is 3. The van der Waals surface area contributed by atoms with Crippen molar-refractivity contribution in [3.63, 3.8) is 0 Å². The molecule has 0 aromatic rings. The summed E-state index contributed by atoms with van der Waals surface area (Å²) in [7, 11) is 0. The van der Waals surface area contributed by atoms with Crippen LogP contribution in [0.25, 0.3) is 0 Å². The van der Waals surface area contributed by atoms with Gasteiger partial charge in [-0.1, -0.05) is 0 Å². The Morgan fingerprint density at radius 2 is 1.88 bits per heavy atom. The van der Waals surface area contributed by atoms with E-state index in [1.165, 1.54) is 0 Å². The van der Waals surface area contributed by atoms with Gasteiger partial charge in [-0.15, -0.1) is 0 Å². The molecule has 102 valence electrons. The summed E-state index contributed by atoms with van der Waals surface area (Å²) in [4.78, 5) is 0. The molecule has 0 aromatic heterocycles. The molecule has 17 heavy (non-hydrogen) atoms. The van der Waals surface area contributed by atoms with Crippen LogP contribution in [0.15, 0.2) is 0 Å².